The standard InChI is InChI=1S/C13H23N3O2/c1-12(2,3)11-14-9(15-16-11)7-8-10(17)18-13(4,5)6/h7-8H2,1-6H3,(H,14,15,16). The van der Waals surface area contributed by atoms with Gasteiger partial charge in [0.1, 0.15) is 11.4 Å². The minimum absolute atomic E-state index is 0.0827. The molecule has 0 aromatic carbocycles. The summed E-state index contributed by atoms with van der Waals surface area (Å²) >= 11 is 0. The van der Waals surface area contributed by atoms with Crippen LogP contribution in [0.25, 0.3) is 0 Å². The summed E-state index contributed by atoms with van der Waals surface area (Å²) in [5.74, 6) is 1.28. The van der Waals surface area contributed by atoms with E-state index in [2.05, 4.69) is 15.2 Å². The van der Waals surface area contributed by atoms with Crippen LogP contribution in [0.5, 0.6) is 0 Å². The van der Waals surface area contributed by atoms with Gasteiger partial charge < -0.3 is 4.74 Å². The molecule has 5 nitrogen and oxygen atoms in total. The van der Waals surface area contributed by atoms with Crippen LogP contribution in [0, 0.1) is 0 Å². The number of aryl methyl sites for hydroxylation is 1. The first-order chi connectivity index (χ1) is 8.08. The first-order valence-corrected chi connectivity index (χ1v) is 6.21. The second-order valence-electron chi connectivity index (χ2n) is 6.44. The zero-order valence-corrected chi connectivity index (χ0v) is 12.1. The maximum absolute atomic E-state index is 11.6. The Morgan fingerprint density at radius 1 is 1.22 bits per heavy atom. The van der Waals surface area contributed by atoms with Gasteiger partial charge in [-0.05, 0) is 20.8 Å². The van der Waals surface area contributed by atoms with Crippen LogP contribution in [0.2, 0.25) is 0 Å². The van der Waals surface area contributed by atoms with Crippen LogP contribution in [0.3, 0.4) is 0 Å². The number of esters is 1. The van der Waals surface area contributed by atoms with E-state index in [9.17, 15) is 4.79 Å². The normalized spacial score (nSPS) is 12.6. The molecule has 0 unspecified atom stereocenters. The van der Waals surface area contributed by atoms with E-state index in [1.165, 1.54) is 0 Å². The number of hydrogen-bond acceptors (Lipinski definition) is 4. The summed E-state index contributed by atoms with van der Waals surface area (Å²) < 4.78 is 5.23. The van der Waals surface area contributed by atoms with E-state index in [-0.39, 0.29) is 11.4 Å². The van der Waals surface area contributed by atoms with Crippen molar-refractivity contribution >= 4 is 5.97 Å². The van der Waals surface area contributed by atoms with Crippen LogP contribution >= 0.6 is 0 Å². The van der Waals surface area contributed by atoms with E-state index >= 15 is 0 Å². The molecule has 0 spiro atoms. The lowest BCUT2D eigenvalue weighted by Gasteiger charge is -2.19. The zero-order chi connectivity index (χ0) is 14.0. The largest absolute Gasteiger partial charge is 0.460 e. The fraction of sp³-hybridized carbons (Fsp3) is 0.769. The van der Waals surface area contributed by atoms with Gasteiger partial charge in [0, 0.05) is 11.8 Å². The lowest BCUT2D eigenvalue weighted by atomic mass is 9.96. The molecule has 0 aliphatic rings. The third kappa shape index (κ3) is 4.85. The molecule has 18 heavy (non-hydrogen) atoms. The van der Waals surface area contributed by atoms with Crippen molar-refractivity contribution < 1.29 is 9.53 Å². The van der Waals surface area contributed by atoms with Gasteiger partial charge in [-0.3, -0.25) is 9.89 Å². The van der Waals surface area contributed by atoms with Gasteiger partial charge in [-0.1, -0.05) is 20.8 Å². The Morgan fingerprint density at radius 3 is 2.28 bits per heavy atom. The molecule has 5 heteroatoms. The molecule has 1 aromatic rings. The van der Waals surface area contributed by atoms with E-state index in [0.717, 1.165) is 11.6 Å². The number of aromatic amines is 1. The molecular weight excluding hydrogens is 230 g/mol. The van der Waals surface area contributed by atoms with E-state index in [1.54, 1.807) is 0 Å². The van der Waals surface area contributed by atoms with Crippen molar-refractivity contribution in [3.63, 3.8) is 0 Å². The summed E-state index contributed by atoms with van der Waals surface area (Å²) in [5, 5.41) is 7.01. The molecule has 0 radical (unpaired) electrons. The molecule has 0 amide bonds. The van der Waals surface area contributed by atoms with E-state index in [0.29, 0.717) is 12.8 Å². The number of nitrogens with zero attached hydrogens (tertiary/aromatic N) is 2. The topological polar surface area (TPSA) is 67.9 Å². The van der Waals surface area contributed by atoms with Crippen LogP contribution in [0.4, 0.5) is 0 Å². The molecule has 0 fully saturated rings. The number of rotatable bonds is 3. The Hall–Kier alpha value is -1.39. The number of hydrogen-bond donors (Lipinski definition) is 1. The van der Waals surface area contributed by atoms with Crippen molar-refractivity contribution in [2.24, 2.45) is 0 Å². The molecule has 0 saturated heterocycles. The van der Waals surface area contributed by atoms with Gasteiger partial charge in [0.25, 0.3) is 0 Å². The number of aromatic nitrogens is 3. The van der Waals surface area contributed by atoms with Crippen LogP contribution in [-0.2, 0) is 21.4 Å². The highest BCUT2D eigenvalue weighted by molar-refractivity contribution is 5.70. The quantitative estimate of drug-likeness (QED) is 0.840. The van der Waals surface area contributed by atoms with Gasteiger partial charge in [-0.25, -0.2) is 4.98 Å². The van der Waals surface area contributed by atoms with Crippen molar-refractivity contribution in [3.8, 4) is 0 Å². The average molecular weight is 253 g/mol. The predicted molar refractivity (Wildman–Crippen MR) is 69.2 cm³/mol. The third-order valence-corrected chi connectivity index (χ3v) is 2.19. The number of ether oxygens (including phenoxy) is 1. The zero-order valence-electron chi connectivity index (χ0n) is 12.1. The summed E-state index contributed by atoms with van der Waals surface area (Å²) in [5.41, 5.74) is -0.518. The molecule has 0 aliphatic carbocycles. The fourth-order valence-electron chi connectivity index (χ4n) is 1.36. The minimum Gasteiger partial charge on any atom is -0.460 e. The van der Waals surface area contributed by atoms with Crippen molar-refractivity contribution in [2.75, 3.05) is 0 Å². The summed E-state index contributed by atoms with van der Waals surface area (Å²) in [7, 11) is 0. The Balaban J connectivity index is 2.50. The molecule has 0 bridgehead atoms. The van der Waals surface area contributed by atoms with Crippen LogP contribution < -0.4 is 0 Å². The first kappa shape index (κ1) is 14.7. The molecule has 1 rings (SSSR count). The molecule has 102 valence electrons. The monoisotopic (exact) mass is 253 g/mol. The van der Waals surface area contributed by atoms with E-state index in [1.807, 2.05) is 41.5 Å². The van der Waals surface area contributed by atoms with Gasteiger partial charge >= 0.3 is 5.97 Å². The molecule has 0 atom stereocenters. The fourth-order valence-corrected chi connectivity index (χ4v) is 1.36. The second kappa shape index (κ2) is 5.08. The number of nitrogens with one attached hydrogen (secondary N) is 1. The summed E-state index contributed by atoms with van der Waals surface area (Å²) in [6, 6.07) is 0. The maximum Gasteiger partial charge on any atom is 0.306 e. The van der Waals surface area contributed by atoms with Crippen molar-refractivity contribution in [2.45, 2.75) is 65.4 Å². The summed E-state index contributed by atoms with van der Waals surface area (Å²) in [6.45, 7) is 11.7. The van der Waals surface area contributed by atoms with Gasteiger partial charge in [0.2, 0.25) is 0 Å². The van der Waals surface area contributed by atoms with Crippen molar-refractivity contribution in [3.05, 3.63) is 11.6 Å². The highest BCUT2D eigenvalue weighted by atomic mass is 16.6. The van der Waals surface area contributed by atoms with Crippen molar-refractivity contribution in [1.29, 1.82) is 0 Å². The molecular formula is C13H23N3O2. The van der Waals surface area contributed by atoms with Gasteiger partial charge in [-0.2, -0.15) is 5.10 Å². The smallest absolute Gasteiger partial charge is 0.306 e. The Morgan fingerprint density at radius 2 is 1.83 bits per heavy atom. The Bertz CT molecular complexity index is 411. The lowest BCUT2D eigenvalue weighted by Crippen LogP contribution is -2.24. The first-order valence-electron chi connectivity index (χ1n) is 6.21. The minimum atomic E-state index is -0.435. The molecule has 1 aromatic heterocycles. The maximum atomic E-state index is 11.6. The van der Waals surface area contributed by atoms with E-state index in [4.69, 9.17) is 4.74 Å². The SMILES string of the molecule is CC(C)(C)OC(=O)CCc1nc(C(C)(C)C)n[nH]1. The average Bonchev–Trinajstić information content (AvgIpc) is 2.59. The summed E-state index contributed by atoms with van der Waals surface area (Å²) in [6.07, 6.45) is 0.841. The van der Waals surface area contributed by atoms with Gasteiger partial charge in [0.05, 0.1) is 6.42 Å². The third-order valence-electron chi connectivity index (χ3n) is 2.19. The predicted octanol–water partition coefficient (Wildman–Crippen LogP) is 2.38. The Kier molecular flexibility index (Phi) is 4.14. The summed E-state index contributed by atoms with van der Waals surface area (Å²) in [4.78, 5) is 15.9. The van der Waals surface area contributed by atoms with Crippen LogP contribution in [0.1, 0.15) is 59.6 Å². The molecule has 1 N–H and O–H groups in total. The Labute approximate surface area is 108 Å². The molecule has 0 saturated carbocycles. The second-order valence-corrected chi connectivity index (χ2v) is 6.44. The highest BCUT2D eigenvalue weighted by Gasteiger charge is 2.20. The van der Waals surface area contributed by atoms with Gasteiger partial charge in [-0.15, -0.1) is 0 Å². The number of carbonyl (C=O) groups excluding carboxylic acids is 1. The molecule has 0 aliphatic heterocycles. The number of carbonyl (C=O) groups is 1. The molecule has 1 heterocycles. The van der Waals surface area contributed by atoms with Crippen LogP contribution in [0.15, 0.2) is 0 Å². The number of H-pyrrole nitrogens is 1. The highest BCUT2D eigenvalue weighted by Crippen LogP contribution is 2.17. The lowest BCUT2D eigenvalue weighted by molar-refractivity contribution is -0.154. The van der Waals surface area contributed by atoms with Gasteiger partial charge in [0.15, 0.2) is 5.82 Å². The van der Waals surface area contributed by atoms with E-state index < -0.39 is 5.60 Å². The van der Waals surface area contributed by atoms with Crippen molar-refractivity contribution in [1.82, 2.24) is 15.2 Å². The van der Waals surface area contributed by atoms with Crippen LogP contribution in [-0.4, -0.2) is 26.8 Å².